The number of imidazole rings is 1. The van der Waals surface area contributed by atoms with Gasteiger partial charge in [0, 0.05) is 30.0 Å². The van der Waals surface area contributed by atoms with Crippen molar-refractivity contribution in [1.82, 2.24) is 20.2 Å². The summed E-state index contributed by atoms with van der Waals surface area (Å²) in [5, 5.41) is 26.3. The first-order chi connectivity index (χ1) is 16.0. The highest BCUT2D eigenvalue weighted by molar-refractivity contribution is 5.78. The molecule has 3 heterocycles. The molecule has 8 nitrogen and oxygen atoms in total. The number of benzene rings is 1. The van der Waals surface area contributed by atoms with Crippen molar-refractivity contribution in [3.05, 3.63) is 41.5 Å². The number of aromatic hydroxyl groups is 1. The van der Waals surface area contributed by atoms with E-state index in [4.69, 9.17) is 4.74 Å². The van der Waals surface area contributed by atoms with E-state index in [1.807, 2.05) is 6.07 Å². The number of carbonyl (C=O) groups excluding carboxylic acids is 1. The summed E-state index contributed by atoms with van der Waals surface area (Å²) in [6.45, 7) is 1.96. The van der Waals surface area contributed by atoms with E-state index in [1.54, 1.807) is 18.6 Å². The van der Waals surface area contributed by atoms with Crippen molar-refractivity contribution in [1.29, 1.82) is 0 Å². The molecule has 8 heteroatoms. The molecule has 174 valence electrons. The van der Waals surface area contributed by atoms with Crippen molar-refractivity contribution >= 4 is 5.91 Å². The lowest BCUT2D eigenvalue weighted by atomic mass is 9.48. The number of aromatic amines is 1. The molecule has 0 unspecified atom stereocenters. The number of rotatable bonds is 5. The van der Waals surface area contributed by atoms with Gasteiger partial charge in [-0.05, 0) is 62.6 Å². The second-order valence-electron chi connectivity index (χ2n) is 10.8. The Kier molecular flexibility index (Phi) is 4.05. The van der Waals surface area contributed by atoms with E-state index in [1.165, 1.54) is 18.4 Å². The molecular weight excluding hydrogens is 420 g/mol. The molecular formula is C25H30N4O4. The maximum atomic E-state index is 12.9. The number of piperidine rings is 1. The van der Waals surface area contributed by atoms with E-state index >= 15 is 0 Å². The number of likely N-dealkylation sites (tertiary alicyclic amines) is 1. The first-order valence-corrected chi connectivity index (χ1v) is 12.2. The van der Waals surface area contributed by atoms with Crippen molar-refractivity contribution in [2.75, 3.05) is 13.1 Å². The summed E-state index contributed by atoms with van der Waals surface area (Å²) >= 11 is 0. The molecule has 5 aliphatic rings. The fraction of sp³-hybridized carbons (Fsp3) is 0.600. The van der Waals surface area contributed by atoms with Crippen LogP contribution in [0.4, 0.5) is 0 Å². The third-order valence-electron chi connectivity index (χ3n) is 9.01. The van der Waals surface area contributed by atoms with Crippen LogP contribution in [0.5, 0.6) is 11.5 Å². The van der Waals surface area contributed by atoms with Gasteiger partial charge in [0.05, 0.1) is 29.8 Å². The zero-order valence-corrected chi connectivity index (χ0v) is 18.6. The number of carbonyl (C=O) groups is 1. The number of ether oxygens (including phenoxy) is 1. The largest absolute Gasteiger partial charge is 0.504 e. The Morgan fingerprint density at radius 2 is 2.18 bits per heavy atom. The average molecular weight is 451 g/mol. The van der Waals surface area contributed by atoms with Gasteiger partial charge in [-0.25, -0.2) is 4.98 Å². The standard InChI is InChI=1S/C25H30N4O4/c30-18-4-3-15-9-19-25(32)6-5-17(28-20(31)10-16-11-26-13-27-16)23-24(25,21(15)22(18)33-23)7-8-29(19)12-14-1-2-14/h3-4,11,13-14,17,19,23,30,32H,1-2,5-10,12H2,(H,26,27)(H,28,31)/t17-,19-,23+,24+,25-/m1/s1. The van der Waals surface area contributed by atoms with Crippen LogP contribution in [0.15, 0.2) is 24.7 Å². The predicted octanol–water partition coefficient (Wildman–Crippen LogP) is 1.41. The Labute approximate surface area is 192 Å². The van der Waals surface area contributed by atoms with Gasteiger partial charge in [0.2, 0.25) is 5.91 Å². The van der Waals surface area contributed by atoms with Crippen molar-refractivity contribution in [2.45, 2.75) is 74.1 Å². The van der Waals surface area contributed by atoms with E-state index < -0.39 is 17.1 Å². The Bertz CT molecular complexity index is 1120. The lowest BCUT2D eigenvalue weighted by molar-refractivity contribution is -0.192. The Morgan fingerprint density at radius 3 is 2.97 bits per heavy atom. The lowest BCUT2D eigenvalue weighted by Gasteiger charge is -2.64. The molecule has 3 fully saturated rings. The zero-order chi connectivity index (χ0) is 22.4. The van der Waals surface area contributed by atoms with E-state index in [9.17, 15) is 15.0 Å². The van der Waals surface area contributed by atoms with Crippen LogP contribution in [0.3, 0.4) is 0 Å². The number of amides is 1. The van der Waals surface area contributed by atoms with Crippen molar-refractivity contribution in [3.8, 4) is 11.5 Å². The molecule has 0 radical (unpaired) electrons. The molecule has 1 aromatic heterocycles. The van der Waals surface area contributed by atoms with Crippen LogP contribution in [0, 0.1) is 5.92 Å². The highest BCUT2D eigenvalue weighted by Crippen LogP contribution is 2.65. The van der Waals surface area contributed by atoms with E-state index in [-0.39, 0.29) is 30.2 Å². The first kappa shape index (κ1) is 19.9. The van der Waals surface area contributed by atoms with Crippen molar-refractivity contribution in [2.24, 2.45) is 5.92 Å². The van der Waals surface area contributed by atoms with E-state index in [0.717, 1.165) is 43.1 Å². The Balaban J connectivity index is 1.27. The summed E-state index contributed by atoms with van der Waals surface area (Å²) in [6, 6.07) is 3.55. The lowest BCUT2D eigenvalue weighted by Crippen LogP contribution is -2.78. The number of hydrogen-bond donors (Lipinski definition) is 4. The average Bonchev–Trinajstić information content (AvgIpc) is 3.31. The second kappa shape index (κ2) is 6.73. The molecule has 1 spiro atoms. The molecule has 2 saturated carbocycles. The first-order valence-electron chi connectivity index (χ1n) is 12.2. The molecule has 2 bridgehead atoms. The molecule has 1 saturated heterocycles. The van der Waals surface area contributed by atoms with Gasteiger partial charge in [-0.15, -0.1) is 0 Å². The van der Waals surface area contributed by atoms with E-state index in [2.05, 4.69) is 20.2 Å². The molecule has 4 N–H and O–H groups in total. The summed E-state index contributed by atoms with van der Waals surface area (Å²) < 4.78 is 6.49. The van der Waals surface area contributed by atoms with Crippen LogP contribution >= 0.6 is 0 Å². The van der Waals surface area contributed by atoms with Crippen LogP contribution in [-0.4, -0.2) is 67.9 Å². The van der Waals surface area contributed by atoms with Crippen LogP contribution in [-0.2, 0) is 23.1 Å². The topological polar surface area (TPSA) is 111 Å². The van der Waals surface area contributed by atoms with Crippen molar-refractivity contribution in [3.63, 3.8) is 0 Å². The van der Waals surface area contributed by atoms with Crippen LogP contribution in [0.25, 0.3) is 0 Å². The molecule has 1 aromatic carbocycles. The summed E-state index contributed by atoms with van der Waals surface area (Å²) in [6.07, 6.45) is 8.45. The Hall–Kier alpha value is -2.58. The minimum Gasteiger partial charge on any atom is -0.504 e. The maximum absolute atomic E-state index is 12.9. The highest BCUT2D eigenvalue weighted by atomic mass is 16.5. The Morgan fingerprint density at radius 1 is 1.30 bits per heavy atom. The van der Waals surface area contributed by atoms with Gasteiger partial charge in [-0.1, -0.05) is 6.07 Å². The molecule has 2 aromatic rings. The second-order valence-corrected chi connectivity index (χ2v) is 10.8. The number of aliphatic hydroxyl groups is 1. The molecule has 3 aliphatic carbocycles. The number of nitrogens with zero attached hydrogens (tertiary/aromatic N) is 2. The van der Waals surface area contributed by atoms with Gasteiger partial charge in [-0.3, -0.25) is 9.69 Å². The number of H-pyrrole nitrogens is 1. The fourth-order valence-corrected chi connectivity index (χ4v) is 7.44. The minimum absolute atomic E-state index is 0.0441. The van der Waals surface area contributed by atoms with Gasteiger partial charge in [0.25, 0.3) is 0 Å². The number of hydrogen-bond acceptors (Lipinski definition) is 6. The summed E-state index contributed by atoms with van der Waals surface area (Å²) in [4.78, 5) is 22.4. The van der Waals surface area contributed by atoms with E-state index in [0.29, 0.717) is 18.6 Å². The number of phenolic OH excluding ortho intramolecular Hbond substituents is 1. The number of aromatic nitrogens is 2. The summed E-state index contributed by atoms with van der Waals surface area (Å²) in [5.41, 5.74) is 1.39. The summed E-state index contributed by atoms with van der Waals surface area (Å²) in [5.74, 6) is 1.31. The zero-order valence-electron chi connectivity index (χ0n) is 18.6. The molecule has 1 amide bonds. The molecule has 7 rings (SSSR count). The van der Waals surface area contributed by atoms with Crippen LogP contribution < -0.4 is 10.1 Å². The SMILES string of the molecule is O=C(Cc1cnc[nH]1)N[C@@H]1CC[C@@]2(O)[C@H]3Cc4ccc(O)c5c4[C@@]2(CCN3CC2CC2)[C@H]1O5. The number of phenols is 1. The normalized spacial score (nSPS) is 36.2. The van der Waals surface area contributed by atoms with Crippen LogP contribution in [0.1, 0.15) is 48.9 Å². The minimum atomic E-state index is -0.929. The molecule has 2 aliphatic heterocycles. The van der Waals surface area contributed by atoms with Crippen molar-refractivity contribution < 1.29 is 19.7 Å². The molecule has 33 heavy (non-hydrogen) atoms. The van der Waals surface area contributed by atoms with Crippen LogP contribution in [0.2, 0.25) is 0 Å². The number of nitrogens with one attached hydrogen (secondary N) is 2. The van der Waals surface area contributed by atoms with Gasteiger partial charge in [-0.2, -0.15) is 0 Å². The van der Waals surface area contributed by atoms with Gasteiger partial charge >= 0.3 is 0 Å². The fourth-order valence-electron chi connectivity index (χ4n) is 7.44. The molecule has 5 atom stereocenters. The smallest absolute Gasteiger partial charge is 0.226 e. The third kappa shape index (κ3) is 2.65. The van der Waals surface area contributed by atoms with Gasteiger partial charge in [0.1, 0.15) is 6.10 Å². The highest BCUT2D eigenvalue weighted by Gasteiger charge is 2.73. The summed E-state index contributed by atoms with van der Waals surface area (Å²) in [7, 11) is 0. The monoisotopic (exact) mass is 450 g/mol. The van der Waals surface area contributed by atoms with Gasteiger partial charge < -0.3 is 25.3 Å². The predicted molar refractivity (Wildman–Crippen MR) is 119 cm³/mol. The third-order valence-corrected chi connectivity index (χ3v) is 9.01. The van der Waals surface area contributed by atoms with Gasteiger partial charge in [0.15, 0.2) is 11.5 Å². The maximum Gasteiger partial charge on any atom is 0.226 e. The quantitative estimate of drug-likeness (QED) is 0.548.